The van der Waals surface area contributed by atoms with Gasteiger partial charge in [-0.3, -0.25) is 4.68 Å². The van der Waals surface area contributed by atoms with Gasteiger partial charge < -0.3 is 5.73 Å². The maximum Gasteiger partial charge on any atom is 0.0522 e. The summed E-state index contributed by atoms with van der Waals surface area (Å²) in [5, 5.41) is 4.31. The molecule has 0 aromatic carbocycles. The molecule has 0 bridgehead atoms. The molecule has 3 heteroatoms. The molecule has 0 radical (unpaired) electrons. The molecule has 1 saturated carbocycles. The number of rotatable bonds is 4. The second-order valence-electron chi connectivity index (χ2n) is 5.59. The molecule has 2 N–H and O–H groups in total. The van der Waals surface area contributed by atoms with Gasteiger partial charge in [-0.05, 0) is 43.6 Å². The Labute approximate surface area is 104 Å². The van der Waals surface area contributed by atoms with E-state index in [1.165, 1.54) is 31.2 Å². The average molecular weight is 235 g/mol. The van der Waals surface area contributed by atoms with Gasteiger partial charge in [0.05, 0.1) is 6.20 Å². The van der Waals surface area contributed by atoms with Crippen molar-refractivity contribution in [1.29, 1.82) is 0 Å². The number of aromatic nitrogens is 2. The molecule has 3 nitrogen and oxygen atoms in total. The third-order valence-corrected chi connectivity index (χ3v) is 4.15. The van der Waals surface area contributed by atoms with E-state index in [9.17, 15) is 0 Å². The van der Waals surface area contributed by atoms with Crippen molar-refractivity contribution in [3.8, 4) is 0 Å². The lowest BCUT2D eigenvalue weighted by molar-refractivity contribution is 0.253. The quantitative estimate of drug-likeness (QED) is 0.871. The summed E-state index contributed by atoms with van der Waals surface area (Å²) in [6, 6.07) is 0.317. The van der Waals surface area contributed by atoms with Crippen LogP contribution in [0.4, 0.5) is 0 Å². The second kappa shape index (κ2) is 5.67. The number of nitrogens with two attached hydrogens (primary N) is 1. The highest BCUT2D eigenvalue weighted by atomic mass is 15.3. The molecule has 0 saturated heterocycles. The lowest BCUT2D eigenvalue weighted by Gasteiger charge is -2.30. The predicted molar refractivity (Wildman–Crippen MR) is 70.7 cm³/mol. The Morgan fingerprint density at radius 1 is 1.41 bits per heavy atom. The van der Waals surface area contributed by atoms with Crippen LogP contribution in [0.25, 0.3) is 0 Å². The second-order valence-corrected chi connectivity index (χ2v) is 5.59. The molecule has 1 atom stereocenters. The van der Waals surface area contributed by atoms with Gasteiger partial charge >= 0.3 is 0 Å². The van der Waals surface area contributed by atoms with Crippen LogP contribution in [0.5, 0.6) is 0 Å². The number of aryl methyl sites for hydroxylation is 1. The number of hydrogen-bond acceptors (Lipinski definition) is 2. The molecule has 0 aliphatic heterocycles. The first-order valence-electron chi connectivity index (χ1n) is 6.96. The van der Waals surface area contributed by atoms with Crippen LogP contribution < -0.4 is 5.73 Å². The van der Waals surface area contributed by atoms with Crippen LogP contribution in [0.2, 0.25) is 0 Å². The van der Waals surface area contributed by atoms with Gasteiger partial charge in [0.2, 0.25) is 0 Å². The monoisotopic (exact) mass is 235 g/mol. The highest BCUT2D eigenvalue weighted by molar-refractivity contribution is 5.06. The number of hydrogen-bond donors (Lipinski definition) is 1. The summed E-state index contributed by atoms with van der Waals surface area (Å²) in [4.78, 5) is 0. The zero-order chi connectivity index (χ0) is 12.3. The zero-order valence-electron chi connectivity index (χ0n) is 11.1. The van der Waals surface area contributed by atoms with Crippen LogP contribution in [-0.2, 0) is 13.0 Å². The van der Waals surface area contributed by atoms with Crippen LogP contribution in [0, 0.1) is 11.8 Å². The SMILES string of the molecule is CCn1cc(CC(N)C2CCC(C)CC2)cn1. The van der Waals surface area contributed by atoms with E-state index in [1.54, 1.807) is 0 Å². The summed E-state index contributed by atoms with van der Waals surface area (Å²) in [6.45, 7) is 5.41. The first-order chi connectivity index (χ1) is 8.19. The fourth-order valence-corrected chi connectivity index (χ4v) is 2.84. The molecule has 1 aliphatic carbocycles. The van der Waals surface area contributed by atoms with Crippen LogP contribution in [-0.4, -0.2) is 15.8 Å². The molecular weight excluding hydrogens is 210 g/mol. The van der Waals surface area contributed by atoms with E-state index in [1.807, 2.05) is 10.9 Å². The summed E-state index contributed by atoms with van der Waals surface area (Å²) in [6.07, 6.45) is 10.4. The molecule has 0 spiro atoms. The Hall–Kier alpha value is -0.830. The standard InChI is InChI=1S/C14H25N3/c1-3-17-10-12(9-16-17)8-14(15)13-6-4-11(2)5-7-13/h9-11,13-14H,3-8,15H2,1-2H3. The Morgan fingerprint density at radius 3 is 2.71 bits per heavy atom. The largest absolute Gasteiger partial charge is 0.327 e. The Kier molecular flexibility index (Phi) is 4.21. The average Bonchev–Trinajstić information content (AvgIpc) is 2.77. The van der Waals surface area contributed by atoms with Crippen molar-refractivity contribution >= 4 is 0 Å². The Morgan fingerprint density at radius 2 is 2.12 bits per heavy atom. The van der Waals surface area contributed by atoms with Gasteiger partial charge in [-0.1, -0.05) is 19.8 Å². The third kappa shape index (κ3) is 3.32. The summed E-state index contributed by atoms with van der Waals surface area (Å²) in [7, 11) is 0. The van der Waals surface area contributed by atoms with Crippen LogP contribution in [0.1, 0.15) is 45.1 Å². The van der Waals surface area contributed by atoms with Crippen molar-refractivity contribution in [2.45, 2.75) is 58.5 Å². The minimum absolute atomic E-state index is 0.317. The highest BCUT2D eigenvalue weighted by Crippen LogP contribution is 2.30. The molecule has 1 aromatic rings. The van der Waals surface area contributed by atoms with E-state index < -0.39 is 0 Å². The fourth-order valence-electron chi connectivity index (χ4n) is 2.84. The first kappa shape index (κ1) is 12.6. The van der Waals surface area contributed by atoms with Gasteiger partial charge in [0, 0.05) is 18.8 Å². The Bertz CT molecular complexity index is 337. The summed E-state index contributed by atoms with van der Waals surface area (Å²) in [5.74, 6) is 1.62. The molecule has 0 amide bonds. The lowest BCUT2D eigenvalue weighted by Crippen LogP contribution is -2.34. The van der Waals surface area contributed by atoms with Crippen LogP contribution in [0.15, 0.2) is 12.4 Å². The summed E-state index contributed by atoms with van der Waals surface area (Å²) >= 11 is 0. The Balaban J connectivity index is 1.85. The predicted octanol–water partition coefficient (Wildman–Crippen LogP) is 2.60. The van der Waals surface area contributed by atoms with Crippen LogP contribution in [0.3, 0.4) is 0 Å². The summed E-state index contributed by atoms with van der Waals surface area (Å²) in [5.41, 5.74) is 7.63. The molecule has 17 heavy (non-hydrogen) atoms. The molecule has 1 aromatic heterocycles. The minimum atomic E-state index is 0.317. The lowest BCUT2D eigenvalue weighted by atomic mass is 9.78. The minimum Gasteiger partial charge on any atom is -0.327 e. The molecule has 1 heterocycles. The van der Waals surface area contributed by atoms with Gasteiger partial charge in [-0.25, -0.2) is 0 Å². The van der Waals surface area contributed by atoms with Crippen molar-refractivity contribution in [3.05, 3.63) is 18.0 Å². The first-order valence-corrected chi connectivity index (χ1v) is 6.96. The normalized spacial score (nSPS) is 27.0. The number of nitrogens with zero attached hydrogens (tertiary/aromatic N) is 2. The topological polar surface area (TPSA) is 43.8 Å². The van der Waals surface area contributed by atoms with Crippen molar-refractivity contribution in [2.75, 3.05) is 0 Å². The maximum absolute atomic E-state index is 6.34. The van der Waals surface area contributed by atoms with E-state index >= 15 is 0 Å². The third-order valence-electron chi connectivity index (χ3n) is 4.15. The van der Waals surface area contributed by atoms with E-state index in [0.717, 1.165) is 24.8 Å². The molecule has 1 aliphatic rings. The van der Waals surface area contributed by atoms with E-state index in [0.29, 0.717) is 6.04 Å². The van der Waals surface area contributed by atoms with Crippen molar-refractivity contribution in [2.24, 2.45) is 17.6 Å². The van der Waals surface area contributed by atoms with Gasteiger partial charge in [0.25, 0.3) is 0 Å². The smallest absolute Gasteiger partial charge is 0.0522 e. The molecule has 1 unspecified atom stereocenters. The van der Waals surface area contributed by atoms with Crippen molar-refractivity contribution in [1.82, 2.24) is 9.78 Å². The van der Waals surface area contributed by atoms with Gasteiger partial charge in [-0.15, -0.1) is 0 Å². The molecular formula is C14H25N3. The highest BCUT2D eigenvalue weighted by Gasteiger charge is 2.23. The van der Waals surface area contributed by atoms with E-state index in [-0.39, 0.29) is 0 Å². The van der Waals surface area contributed by atoms with E-state index in [4.69, 9.17) is 5.73 Å². The van der Waals surface area contributed by atoms with Gasteiger partial charge in [0.1, 0.15) is 0 Å². The van der Waals surface area contributed by atoms with Crippen molar-refractivity contribution in [3.63, 3.8) is 0 Å². The molecule has 96 valence electrons. The maximum atomic E-state index is 6.34. The fraction of sp³-hybridized carbons (Fsp3) is 0.786. The molecule has 1 fully saturated rings. The van der Waals surface area contributed by atoms with Gasteiger partial charge in [0.15, 0.2) is 0 Å². The van der Waals surface area contributed by atoms with Crippen LogP contribution >= 0.6 is 0 Å². The zero-order valence-corrected chi connectivity index (χ0v) is 11.1. The van der Waals surface area contributed by atoms with Gasteiger partial charge in [-0.2, -0.15) is 5.10 Å². The summed E-state index contributed by atoms with van der Waals surface area (Å²) < 4.78 is 1.98. The molecule has 2 rings (SSSR count). The van der Waals surface area contributed by atoms with Crippen molar-refractivity contribution < 1.29 is 0 Å². The van der Waals surface area contributed by atoms with E-state index in [2.05, 4.69) is 25.1 Å².